The van der Waals surface area contributed by atoms with Gasteiger partial charge >= 0.3 is 0 Å². The van der Waals surface area contributed by atoms with Crippen LogP contribution in [0.5, 0.6) is 0 Å². The molecule has 1 N–H and O–H groups in total. The lowest BCUT2D eigenvalue weighted by Gasteiger charge is -2.28. The second kappa shape index (κ2) is 9.43. The third-order valence-electron chi connectivity index (χ3n) is 4.39. The number of amides is 1. The van der Waals surface area contributed by atoms with Gasteiger partial charge in [0.05, 0.1) is 26.3 Å². The van der Waals surface area contributed by atoms with Crippen LogP contribution in [-0.4, -0.2) is 70.9 Å². The Morgan fingerprint density at radius 3 is 2.70 bits per heavy atom. The molecule has 146 valence electrons. The predicted molar refractivity (Wildman–Crippen MR) is 103 cm³/mol. The lowest BCUT2D eigenvalue weighted by atomic mass is 10.2. The number of likely N-dealkylation sites (N-methyl/N-ethyl adjacent to an activating group) is 1. The van der Waals surface area contributed by atoms with Gasteiger partial charge in [0, 0.05) is 31.0 Å². The first-order valence-corrected chi connectivity index (χ1v) is 9.32. The van der Waals surface area contributed by atoms with E-state index in [9.17, 15) is 4.79 Å². The zero-order chi connectivity index (χ0) is 19.1. The molecule has 1 saturated heterocycles. The fourth-order valence-electron chi connectivity index (χ4n) is 3.04. The minimum Gasteiger partial charge on any atom is -0.378 e. The Bertz CT molecular complexity index is 726. The summed E-state index contributed by atoms with van der Waals surface area (Å²) in [6, 6.07) is 7.93. The van der Waals surface area contributed by atoms with Crippen LogP contribution in [-0.2, 0) is 22.6 Å². The zero-order valence-electron chi connectivity index (χ0n) is 16.0. The molecule has 27 heavy (non-hydrogen) atoms. The van der Waals surface area contributed by atoms with Crippen molar-refractivity contribution < 1.29 is 9.53 Å². The summed E-state index contributed by atoms with van der Waals surface area (Å²) in [5.74, 6) is 0.702. The molecular weight excluding hydrogens is 346 g/mol. The number of hydrogen-bond acceptors (Lipinski definition) is 7. The molecule has 1 aromatic heterocycles. The van der Waals surface area contributed by atoms with E-state index in [2.05, 4.69) is 32.7 Å². The van der Waals surface area contributed by atoms with Crippen molar-refractivity contribution in [2.45, 2.75) is 26.4 Å². The monoisotopic (exact) mass is 373 g/mol. The second-order valence-corrected chi connectivity index (χ2v) is 6.69. The summed E-state index contributed by atoms with van der Waals surface area (Å²) in [6.07, 6.45) is 0.961. The largest absolute Gasteiger partial charge is 0.378 e. The highest BCUT2D eigenvalue weighted by molar-refractivity contribution is 5.92. The molecule has 0 saturated carbocycles. The fraction of sp³-hybridized carbons (Fsp3) is 0.556. The molecule has 1 amide bonds. The Kier molecular flexibility index (Phi) is 6.72. The first-order chi connectivity index (χ1) is 13.2. The molecule has 2 heterocycles. The number of nitrogens with zero attached hydrogens (tertiary/aromatic N) is 6. The summed E-state index contributed by atoms with van der Waals surface area (Å²) >= 11 is 0. The van der Waals surface area contributed by atoms with Crippen molar-refractivity contribution in [2.24, 2.45) is 0 Å². The molecule has 0 radical (unpaired) electrons. The van der Waals surface area contributed by atoms with E-state index >= 15 is 0 Å². The molecule has 9 heteroatoms. The Balaban J connectivity index is 1.48. The molecule has 1 aliphatic rings. The molecule has 0 bridgehead atoms. The minimum absolute atomic E-state index is 0.0638. The molecule has 0 spiro atoms. The number of hydrogen-bond donors (Lipinski definition) is 1. The Morgan fingerprint density at radius 1 is 1.26 bits per heavy atom. The average molecular weight is 373 g/mol. The maximum atomic E-state index is 12.3. The Hall–Kier alpha value is -2.52. The quantitative estimate of drug-likeness (QED) is 0.738. The maximum Gasteiger partial charge on any atom is 0.238 e. The van der Waals surface area contributed by atoms with E-state index in [0.717, 1.165) is 56.5 Å². The van der Waals surface area contributed by atoms with Gasteiger partial charge in [0.2, 0.25) is 5.91 Å². The number of carbonyl (C=O) groups excluding carboxylic acids is 1. The first kappa shape index (κ1) is 19.2. The number of aromatic nitrogens is 4. The van der Waals surface area contributed by atoms with Gasteiger partial charge in [-0.3, -0.25) is 9.69 Å². The minimum atomic E-state index is -0.0638. The Morgan fingerprint density at radius 2 is 2.00 bits per heavy atom. The summed E-state index contributed by atoms with van der Waals surface area (Å²) < 4.78 is 7.15. The highest BCUT2D eigenvalue weighted by atomic mass is 16.5. The highest BCUT2D eigenvalue weighted by Crippen LogP contribution is 2.19. The number of benzene rings is 1. The molecule has 0 atom stereocenters. The fourth-order valence-corrected chi connectivity index (χ4v) is 3.04. The molecule has 3 rings (SSSR count). The van der Waals surface area contributed by atoms with Gasteiger partial charge in [0.25, 0.3) is 0 Å². The van der Waals surface area contributed by atoms with Crippen molar-refractivity contribution in [3.63, 3.8) is 0 Å². The van der Waals surface area contributed by atoms with E-state index in [1.54, 1.807) is 4.68 Å². The van der Waals surface area contributed by atoms with E-state index in [0.29, 0.717) is 6.54 Å². The summed E-state index contributed by atoms with van der Waals surface area (Å²) in [5, 5.41) is 14.7. The van der Waals surface area contributed by atoms with Crippen molar-refractivity contribution in [1.29, 1.82) is 0 Å². The number of morpholine rings is 1. The van der Waals surface area contributed by atoms with Crippen molar-refractivity contribution in [3.05, 3.63) is 30.1 Å². The molecule has 0 unspecified atom stereocenters. The summed E-state index contributed by atoms with van der Waals surface area (Å²) in [6.45, 7) is 6.95. The molecule has 1 aromatic carbocycles. The summed E-state index contributed by atoms with van der Waals surface area (Å²) in [7, 11) is 1.88. The lowest BCUT2D eigenvalue weighted by molar-refractivity contribution is -0.117. The topological polar surface area (TPSA) is 88.4 Å². The van der Waals surface area contributed by atoms with Crippen molar-refractivity contribution >= 4 is 17.3 Å². The first-order valence-electron chi connectivity index (χ1n) is 9.32. The lowest BCUT2D eigenvalue weighted by Crippen LogP contribution is -2.36. The molecule has 9 nitrogen and oxygen atoms in total. The van der Waals surface area contributed by atoms with Crippen molar-refractivity contribution in [3.8, 4) is 0 Å². The second-order valence-electron chi connectivity index (χ2n) is 6.69. The standard InChI is InChI=1S/C18H27N7O2/c1-3-8-25-17(20-21-22-25)13-23(2)14-18(26)19-15-4-6-16(7-5-15)24-9-11-27-12-10-24/h4-7H,3,8-14H2,1-2H3,(H,19,26). The average Bonchev–Trinajstić information content (AvgIpc) is 3.10. The van der Waals surface area contributed by atoms with Gasteiger partial charge in [-0.15, -0.1) is 5.10 Å². The van der Waals surface area contributed by atoms with E-state index < -0.39 is 0 Å². The van der Waals surface area contributed by atoms with Crippen LogP contribution in [0, 0.1) is 0 Å². The third kappa shape index (κ3) is 5.48. The number of ether oxygens (including phenoxy) is 1. The summed E-state index contributed by atoms with van der Waals surface area (Å²) in [5.41, 5.74) is 1.94. The van der Waals surface area contributed by atoms with E-state index in [-0.39, 0.29) is 12.5 Å². The molecule has 0 aliphatic carbocycles. The SMILES string of the molecule is CCCn1nnnc1CN(C)CC(=O)Nc1ccc(N2CCOCC2)cc1. The van der Waals surface area contributed by atoms with E-state index in [1.807, 2.05) is 36.2 Å². The predicted octanol–water partition coefficient (Wildman–Crippen LogP) is 0.990. The number of aryl methyl sites for hydroxylation is 1. The van der Waals surface area contributed by atoms with Gasteiger partial charge in [-0.1, -0.05) is 6.92 Å². The molecular formula is C18H27N7O2. The molecule has 2 aromatic rings. The number of tetrazole rings is 1. The third-order valence-corrected chi connectivity index (χ3v) is 4.39. The van der Waals surface area contributed by atoms with Gasteiger partial charge in [0.1, 0.15) is 0 Å². The van der Waals surface area contributed by atoms with Gasteiger partial charge in [0.15, 0.2) is 5.82 Å². The van der Waals surface area contributed by atoms with Crippen LogP contribution < -0.4 is 10.2 Å². The number of nitrogens with one attached hydrogen (secondary N) is 1. The summed E-state index contributed by atoms with van der Waals surface area (Å²) in [4.78, 5) is 16.5. The van der Waals surface area contributed by atoms with Crippen LogP contribution in [0.4, 0.5) is 11.4 Å². The van der Waals surface area contributed by atoms with Gasteiger partial charge in [-0.2, -0.15) is 0 Å². The highest BCUT2D eigenvalue weighted by Gasteiger charge is 2.13. The van der Waals surface area contributed by atoms with Crippen molar-refractivity contribution in [2.75, 3.05) is 50.1 Å². The van der Waals surface area contributed by atoms with Gasteiger partial charge in [-0.25, -0.2) is 4.68 Å². The Labute approximate surface area is 159 Å². The zero-order valence-corrected chi connectivity index (χ0v) is 16.0. The van der Waals surface area contributed by atoms with Crippen LogP contribution in [0.3, 0.4) is 0 Å². The van der Waals surface area contributed by atoms with Crippen LogP contribution in [0.15, 0.2) is 24.3 Å². The van der Waals surface area contributed by atoms with Crippen molar-refractivity contribution in [1.82, 2.24) is 25.1 Å². The van der Waals surface area contributed by atoms with Crippen LogP contribution in [0.2, 0.25) is 0 Å². The maximum absolute atomic E-state index is 12.3. The van der Waals surface area contributed by atoms with Gasteiger partial charge < -0.3 is 15.0 Å². The molecule has 1 fully saturated rings. The number of anilines is 2. The van der Waals surface area contributed by atoms with Crippen LogP contribution in [0.1, 0.15) is 19.2 Å². The van der Waals surface area contributed by atoms with E-state index in [1.165, 1.54) is 0 Å². The van der Waals surface area contributed by atoms with Crippen LogP contribution in [0.25, 0.3) is 0 Å². The smallest absolute Gasteiger partial charge is 0.238 e. The normalized spacial score (nSPS) is 14.6. The number of carbonyl (C=O) groups is 1. The number of rotatable bonds is 8. The molecule has 1 aliphatic heterocycles. The van der Waals surface area contributed by atoms with E-state index in [4.69, 9.17) is 4.74 Å². The van der Waals surface area contributed by atoms with Gasteiger partial charge in [-0.05, 0) is 48.2 Å². The van der Waals surface area contributed by atoms with Crippen LogP contribution >= 0.6 is 0 Å².